The van der Waals surface area contributed by atoms with E-state index < -0.39 is 12.2 Å². The first-order valence-corrected chi connectivity index (χ1v) is 5.29. The van der Waals surface area contributed by atoms with Gasteiger partial charge in [-0.15, -0.1) is 0 Å². The molecular formula is C11H14N4O3. The summed E-state index contributed by atoms with van der Waals surface area (Å²) in [6, 6.07) is 6.15. The van der Waals surface area contributed by atoms with Crippen molar-refractivity contribution >= 4 is 5.91 Å². The van der Waals surface area contributed by atoms with Crippen LogP contribution in [0.5, 0.6) is 0 Å². The molecule has 0 spiro atoms. The minimum Gasteiger partial charge on any atom is -0.390 e. The van der Waals surface area contributed by atoms with Crippen molar-refractivity contribution in [3.8, 4) is 0 Å². The smallest absolute Gasteiger partial charge is 0.251 e. The summed E-state index contributed by atoms with van der Waals surface area (Å²) < 4.78 is 0. The Hall–Kier alpha value is -2.08. The highest BCUT2D eigenvalue weighted by molar-refractivity contribution is 5.93. The lowest BCUT2D eigenvalue weighted by atomic mass is 10.0. The normalized spacial score (nSPS) is 13.3. The predicted molar refractivity (Wildman–Crippen MR) is 64.8 cm³/mol. The van der Waals surface area contributed by atoms with Gasteiger partial charge in [-0.25, -0.2) is 0 Å². The van der Waals surface area contributed by atoms with E-state index in [0.717, 1.165) is 0 Å². The predicted octanol–water partition coefficient (Wildman–Crippen LogP) is 0.751. The number of rotatable bonds is 5. The maximum Gasteiger partial charge on any atom is 0.251 e. The SMILES string of the molecule is CNC(=O)c1ccc(C(O)C(O)CN=[N+]=[N-])cc1. The van der Waals surface area contributed by atoms with Crippen LogP contribution in [-0.2, 0) is 0 Å². The van der Waals surface area contributed by atoms with Crippen molar-refractivity contribution in [2.75, 3.05) is 13.6 Å². The molecule has 18 heavy (non-hydrogen) atoms. The molecule has 0 aromatic heterocycles. The van der Waals surface area contributed by atoms with E-state index in [1.165, 1.54) is 31.3 Å². The third-order valence-corrected chi connectivity index (χ3v) is 2.44. The fourth-order valence-corrected chi connectivity index (χ4v) is 1.42. The molecule has 7 heteroatoms. The molecule has 1 aromatic carbocycles. The molecule has 0 heterocycles. The number of azide groups is 1. The van der Waals surface area contributed by atoms with Crippen molar-refractivity contribution in [3.63, 3.8) is 0 Å². The van der Waals surface area contributed by atoms with Crippen LogP contribution in [0.3, 0.4) is 0 Å². The van der Waals surface area contributed by atoms with Crippen LogP contribution in [0.15, 0.2) is 29.4 Å². The minimum atomic E-state index is -1.17. The molecule has 0 saturated carbocycles. The monoisotopic (exact) mass is 250 g/mol. The number of aliphatic hydroxyl groups is 2. The third-order valence-electron chi connectivity index (χ3n) is 2.44. The molecule has 0 aliphatic rings. The number of nitrogens with zero attached hydrogens (tertiary/aromatic N) is 3. The minimum absolute atomic E-state index is 0.213. The summed E-state index contributed by atoms with van der Waals surface area (Å²) >= 11 is 0. The lowest BCUT2D eigenvalue weighted by Gasteiger charge is -2.16. The maximum absolute atomic E-state index is 11.3. The molecule has 2 unspecified atom stereocenters. The van der Waals surface area contributed by atoms with Gasteiger partial charge in [0.15, 0.2) is 0 Å². The Labute approximate surface area is 104 Å². The molecule has 0 aliphatic carbocycles. The fraction of sp³-hybridized carbons (Fsp3) is 0.364. The van der Waals surface area contributed by atoms with Crippen molar-refractivity contribution in [2.24, 2.45) is 5.11 Å². The first kappa shape index (κ1) is 14.0. The van der Waals surface area contributed by atoms with Crippen LogP contribution in [0, 0.1) is 0 Å². The molecule has 7 nitrogen and oxygen atoms in total. The average molecular weight is 250 g/mol. The summed E-state index contributed by atoms with van der Waals surface area (Å²) in [5, 5.41) is 25.0. The standard InChI is InChI=1S/C11H14N4O3/c1-13-11(18)8-4-2-7(3-5-8)10(17)9(16)6-14-15-12/h2-5,9-10,16-17H,6H2,1H3,(H,13,18). The average Bonchev–Trinajstić information content (AvgIpc) is 2.43. The van der Waals surface area contributed by atoms with Gasteiger partial charge in [-0.3, -0.25) is 4.79 Å². The van der Waals surface area contributed by atoms with Crippen LogP contribution in [0.4, 0.5) is 0 Å². The van der Waals surface area contributed by atoms with E-state index in [0.29, 0.717) is 11.1 Å². The van der Waals surface area contributed by atoms with Gasteiger partial charge >= 0.3 is 0 Å². The number of aliphatic hydroxyl groups excluding tert-OH is 2. The molecule has 96 valence electrons. The van der Waals surface area contributed by atoms with Gasteiger partial charge in [0, 0.05) is 17.5 Å². The second-order valence-electron chi connectivity index (χ2n) is 3.63. The second-order valence-corrected chi connectivity index (χ2v) is 3.63. The van der Waals surface area contributed by atoms with Crippen molar-refractivity contribution in [3.05, 3.63) is 45.8 Å². The Morgan fingerprint density at radius 3 is 2.56 bits per heavy atom. The molecule has 0 saturated heterocycles. The number of hydrogen-bond donors (Lipinski definition) is 3. The number of benzene rings is 1. The number of carbonyl (C=O) groups excluding carboxylic acids is 1. The summed E-state index contributed by atoms with van der Waals surface area (Å²) in [7, 11) is 1.52. The van der Waals surface area contributed by atoms with Crippen LogP contribution in [0.1, 0.15) is 22.0 Å². The molecule has 0 radical (unpaired) electrons. The second kappa shape index (κ2) is 6.61. The van der Waals surface area contributed by atoms with Crippen LogP contribution in [-0.4, -0.2) is 35.8 Å². The lowest BCUT2D eigenvalue weighted by molar-refractivity contribution is 0.0244. The molecule has 0 bridgehead atoms. The van der Waals surface area contributed by atoms with Crippen molar-refractivity contribution in [2.45, 2.75) is 12.2 Å². The van der Waals surface area contributed by atoms with E-state index in [2.05, 4.69) is 15.3 Å². The van der Waals surface area contributed by atoms with Crippen molar-refractivity contribution < 1.29 is 15.0 Å². The molecule has 1 aromatic rings. The first-order chi connectivity index (χ1) is 8.60. The van der Waals surface area contributed by atoms with Gasteiger partial charge in [0.2, 0.25) is 0 Å². The van der Waals surface area contributed by atoms with Gasteiger partial charge < -0.3 is 15.5 Å². The largest absolute Gasteiger partial charge is 0.390 e. The van der Waals surface area contributed by atoms with Crippen molar-refractivity contribution in [1.29, 1.82) is 0 Å². The van der Waals surface area contributed by atoms with Crippen molar-refractivity contribution in [1.82, 2.24) is 5.32 Å². The summed E-state index contributed by atoms with van der Waals surface area (Å²) in [5.74, 6) is -0.231. The van der Waals surface area contributed by atoms with Crippen LogP contribution in [0.25, 0.3) is 10.4 Å². The van der Waals surface area contributed by atoms with E-state index in [9.17, 15) is 15.0 Å². The van der Waals surface area contributed by atoms with E-state index in [1.54, 1.807) is 0 Å². The summed E-state index contributed by atoms with van der Waals surface area (Å²) in [6.07, 6.45) is -2.33. The molecule has 0 aliphatic heterocycles. The first-order valence-electron chi connectivity index (χ1n) is 5.29. The number of amides is 1. The highest BCUT2D eigenvalue weighted by Crippen LogP contribution is 2.18. The Balaban J connectivity index is 2.78. The fourth-order valence-electron chi connectivity index (χ4n) is 1.42. The Kier molecular flexibility index (Phi) is 5.13. The van der Waals surface area contributed by atoms with Gasteiger partial charge in [0.25, 0.3) is 5.91 Å². The van der Waals surface area contributed by atoms with Crippen LogP contribution in [0.2, 0.25) is 0 Å². The molecule has 3 N–H and O–H groups in total. The maximum atomic E-state index is 11.3. The topological polar surface area (TPSA) is 118 Å². The summed E-state index contributed by atoms with van der Waals surface area (Å²) in [6.45, 7) is -0.213. The van der Waals surface area contributed by atoms with E-state index in [4.69, 9.17) is 5.53 Å². The quantitative estimate of drug-likeness (QED) is 0.406. The third kappa shape index (κ3) is 3.46. The number of hydrogen-bond acceptors (Lipinski definition) is 4. The van der Waals surface area contributed by atoms with Gasteiger partial charge in [-0.1, -0.05) is 17.2 Å². The Morgan fingerprint density at radius 2 is 2.06 bits per heavy atom. The number of nitrogens with one attached hydrogen (secondary N) is 1. The zero-order chi connectivity index (χ0) is 13.5. The van der Waals surface area contributed by atoms with Gasteiger partial charge in [-0.05, 0) is 23.2 Å². The highest BCUT2D eigenvalue weighted by Gasteiger charge is 2.17. The molecule has 1 amide bonds. The highest BCUT2D eigenvalue weighted by atomic mass is 16.3. The molecule has 2 atom stereocenters. The number of carbonyl (C=O) groups is 1. The zero-order valence-electron chi connectivity index (χ0n) is 9.82. The van der Waals surface area contributed by atoms with Crippen LogP contribution < -0.4 is 5.32 Å². The molecular weight excluding hydrogens is 236 g/mol. The lowest BCUT2D eigenvalue weighted by Crippen LogP contribution is -2.21. The summed E-state index contributed by atoms with van der Waals surface area (Å²) in [5.41, 5.74) is 9.02. The van der Waals surface area contributed by atoms with Crippen LogP contribution >= 0.6 is 0 Å². The van der Waals surface area contributed by atoms with E-state index in [1.807, 2.05) is 0 Å². The molecule has 1 rings (SSSR count). The van der Waals surface area contributed by atoms with Gasteiger partial charge in [0.1, 0.15) is 6.10 Å². The molecule has 0 fully saturated rings. The zero-order valence-corrected chi connectivity index (χ0v) is 9.82. The Bertz CT molecular complexity index is 454. The van der Waals surface area contributed by atoms with E-state index in [-0.39, 0.29) is 12.5 Å². The Morgan fingerprint density at radius 1 is 1.44 bits per heavy atom. The van der Waals surface area contributed by atoms with Gasteiger partial charge in [0.05, 0.1) is 12.6 Å². The summed E-state index contributed by atoms with van der Waals surface area (Å²) in [4.78, 5) is 13.8. The van der Waals surface area contributed by atoms with E-state index >= 15 is 0 Å². The van der Waals surface area contributed by atoms with Gasteiger partial charge in [-0.2, -0.15) is 0 Å².